The maximum atomic E-state index is 11.9. The van der Waals surface area contributed by atoms with Crippen LogP contribution in [0, 0.1) is 6.92 Å². The quantitative estimate of drug-likeness (QED) is 0.867. The van der Waals surface area contributed by atoms with Gasteiger partial charge >= 0.3 is 6.09 Å². The zero-order valence-corrected chi connectivity index (χ0v) is 11.8. The second-order valence-electron chi connectivity index (χ2n) is 4.87. The summed E-state index contributed by atoms with van der Waals surface area (Å²) in [6.07, 6.45) is 1.18. The zero-order chi connectivity index (χ0) is 14.5. The van der Waals surface area contributed by atoms with E-state index in [1.165, 1.54) is 0 Å². The molecule has 0 aromatic carbocycles. The molecule has 1 aliphatic heterocycles. The smallest absolute Gasteiger partial charge is 0.409 e. The van der Waals surface area contributed by atoms with E-state index in [4.69, 9.17) is 4.74 Å². The summed E-state index contributed by atoms with van der Waals surface area (Å²) >= 11 is 0. The summed E-state index contributed by atoms with van der Waals surface area (Å²) in [7, 11) is 0. The lowest BCUT2D eigenvalue weighted by Gasteiger charge is -2.31. The second kappa shape index (κ2) is 6.40. The van der Waals surface area contributed by atoms with Gasteiger partial charge in [-0.3, -0.25) is 9.89 Å². The van der Waals surface area contributed by atoms with Crippen LogP contribution in [0.5, 0.6) is 0 Å². The highest BCUT2D eigenvalue weighted by Gasteiger charge is 2.25. The molecule has 20 heavy (non-hydrogen) atoms. The van der Waals surface area contributed by atoms with Crippen molar-refractivity contribution >= 4 is 12.0 Å². The van der Waals surface area contributed by atoms with Gasteiger partial charge in [-0.2, -0.15) is 5.10 Å². The molecule has 2 amide bonds. The zero-order valence-electron chi connectivity index (χ0n) is 11.8. The Labute approximate surface area is 117 Å². The first-order chi connectivity index (χ1) is 9.60. The van der Waals surface area contributed by atoms with E-state index >= 15 is 0 Å². The fourth-order valence-electron chi connectivity index (χ4n) is 2.21. The van der Waals surface area contributed by atoms with Gasteiger partial charge < -0.3 is 15.0 Å². The van der Waals surface area contributed by atoms with Crippen LogP contribution < -0.4 is 5.32 Å². The van der Waals surface area contributed by atoms with Crippen LogP contribution in [0.2, 0.25) is 0 Å². The molecule has 0 aliphatic carbocycles. The molecular formula is C13H20N4O3. The van der Waals surface area contributed by atoms with E-state index in [1.54, 1.807) is 17.9 Å². The molecule has 0 spiro atoms. The number of piperidine rings is 1. The number of aromatic amines is 1. The van der Waals surface area contributed by atoms with Crippen molar-refractivity contribution in [3.05, 3.63) is 17.5 Å². The highest BCUT2D eigenvalue weighted by molar-refractivity contribution is 5.92. The Morgan fingerprint density at radius 2 is 2.20 bits per heavy atom. The van der Waals surface area contributed by atoms with Crippen LogP contribution in [-0.4, -0.2) is 52.8 Å². The van der Waals surface area contributed by atoms with E-state index in [2.05, 4.69) is 15.5 Å². The van der Waals surface area contributed by atoms with E-state index in [-0.39, 0.29) is 18.0 Å². The molecule has 1 fully saturated rings. The number of rotatable bonds is 3. The molecule has 110 valence electrons. The maximum absolute atomic E-state index is 11.9. The number of nitrogens with zero attached hydrogens (tertiary/aromatic N) is 2. The van der Waals surface area contributed by atoms with Crippen LogP contribution >= 0.6 is 0 Å². The summed E-state index contributed by atoms with van der Waals surface area (Å²) < 4.78 is 4.96. The molecule has 7 nitrogen and oxygen atoms in total. The second-order valence-corrected chi connectivity index (χ2v) is 4.87. The predicted molar refractivity (Wildman–Crippen MR) is 72.4 cm³/mol. The summed E-state index contributed by atoms with van der Waals surface area (Å²) in [6, 6.07) is 1.79. The van der Waals surface area contributed by atoms with Crippen LogP contribution in [0.25, 0.3) is 0 Å². The van der Waals surface area contributed by atoms with Gasteiger partial charge in [-0.15, -0.1) is 0 Å². The van der Waals surface area contributed by atoms with Crippen molar-refractivity contribution < 1.29 is 14.3 Å². The third-order valence-electron chi connectivity index (χ3n) is 3.29. The van der Waals surface area contributed by atoms with Crippen LogP contribution in [0.4, 0.5) is 4.79 Å². The Hall–Kier alpha value is -2.05. The van der Waals surface area contributed by atoms with Gasteiger partial charge in [-0.05, 0) is 32.8 Å². The highest BCUT2D eigenvalue weighted by Crippen LogP contribution is 2.12. The Morgan fingerprint density at radius 1 is 1.50 bits per heavy atom. The van der Waals surface area contributed by atoms with Crippen molar-refractivity contribution in [1.82, 2.24) is 20.4 Å². The first-order valence-electron chi connectivity index (χ1n) is 6.84. The molecule has 0 atom stereocenters. The minimum absolute atomic E-state index is 0.0742. The van der Waals surface area contributed by atoms with Crippen LogP contribution in [-0.2, 0) is 4.74 Å². The van der Waals surface area contributed by atoms with Gasteiger partial charge in [0.25, 0.3) is 5.91 Å². The Morgan fingerprint density at radius 3 is 2.75 bits per heavy atom. The maximum Gasteiger partial charge on any atom is 0.409 e. The fourth-order valence-corrected chi connectivity index (χ4v) is 2.21. The molecule has 0 unspecified atom stereocenters. The SMILES string of the molecule is CCOC(=O)N1CCC(NC(=O)c2cc(C)[nH]n2)CC1. The van der Waals surface area contributed by atoms with Crippen molar-refractivity contribution in [2.24, 2.45) is 0 Å². The van der Waals surface area contributed by atoms with Gasteiger partial charge in [0, 0.05) is 24.8 Å². The molecule has 2 N–H and O–H groups in total. The molecule has 2 heterocycles. The number of likely N-dealkylation sites (tertiary alicyclic amines) is 1. The largest absolute Gasteiger partial charge is 0.450 e. The third-order valence-corrected chi connectivity index (χ3v) is 3.29. The summed E-state index contributed by atoms with van der Waals surface area (Å²) in [4.78, 5) is 25.2. The summed E-state index contributed by atoms with van der Waals surface area (Å²) in [5.41, 5.74) is 1.25. The van der Waals surface area contributed by atoms with Crippen molar-refractivity contribution in [2.45, 2.75) is 32.7 Å². The molecular weight excluding hydrogens is 260 g/mol. The number of hydrogen-bond donors (Lipinski definition) is 2. The van der Waals surface area contributed by atoms with Gasteiger partial charge in [0.05, 0.1) is 6.61 Å². The van der Waals surface area contributed by atoms with Crippen molar-refractivity contribution in [2.75, 3.05) is 19.7 Å². The van der Waals surface area contributed by atoms with E-state index < -0.39 is 0 Å². The molecule has 2 rings (SSSR count). The number of aromatic nitrogens is 2. The number of ether oxygens (including phenoxy) is 1. The number of aryl methyl sites for hydroxylation is 1. The van der Waals surface area contributed by atoms with Gasteiger partial charge in [-0.25, -0.2) is 4.79 Å². The number of carbonyl (C=O) groups is 2. The molecule has 1 aromatic heterocycles. The van der Waals surface area contributed by atoms with Gasteiger partial charge in [-0.1, -0.05) is 0 Å². The number of nitrogens with one attached hydrogen (secondary N) is 2. The average Bonchev–Trinajstić information content (AvgIpc) is 2.86. The standard InChI is InChI=1S/C13H20N4O3/c1-3-20-13(19)17-6-4-10(5-7-17)14-12(18)11-8-9(2)15-16-11/h8,10H,3-7H2,1-2H3,(H,14,18)(H,15,16). The van der Waals surface area contributed by atoms with E-state index in [1.807, 2.05) is 6.92 Å². The first kappa shape index (κ1) is 14.4. The number of carbonyl (C=O) groups excluding carboxylic acids is 2. The molecule has 1 aromatic rings. The Kier molecular flexibility index (Phi) is 4.60. The monoisotopic (exact) mass is 280 g/mol. The highest BCUT2D eigenvalue weighted by atomic mass is 16.6. The molecule has 1 aliphatic rings. The normalized spacial score (nSPS) is 16.0. The minimum Gasteiger partial charge on any atom is -0.450 e. The summed E-state index contributed by atoms with van der Waals surface area (Å²) in [5.74, 6) is -0.177. The fraction of sp³-hybridized carbons (Fsp3) is 0.615. The van der Waals surface area contributed by atoms with Crippen LogP contribution in [0.3, 0.4) is 0 Å². The first-order valence-corrected chi connectivity index (χ1v) is 6.84. The molecule has 0 radical (unpaired) electrons. The number of H-pyrrole nitrogens is 1. The van der Waals surface area contributed by atoms with Gasteiger partial charge in [0.15, 0.2) is 0 Å². The molecule has 1 saturated heterocycles. The van der Waals surface area contributed by atoms with E-state index in [0.717, 1.165) is 18.5 Å². The third kappa shape index (κ3) is 3.49. The lowest BCUT2D eigenvalue weighted by molar-refractivity contribution is 0.0856. The van der Waals surface area contributed by atoms with Crippen molar-refractivity contribution in [3.8, 4) is 0 Å². The van der Waals surface area contributed by atoms with E-state index in [9.17, 15) is 9.59 Å². The van der Waals surface area contributed by atoms with E-state index in [0.29, 0.717) is 25.4 Å². The van der Waals surface area contributed by atoms with Crippen LogP contribution in [0.1, 0.15) is 35.9 Å². The molecule has 7 heteroatoms. The molecule has 0 bridgehead atoms. The van der Waals surface area contributed by atoms with Gasteiger partial charge in [0.2, 0.25) is 0 Å². The Bertz CT molecular complexity index is 478. The minimum atomic E-state index is -0.278. The van der Waals surface area contributed by atoms with Crippen molar-refractivity contribution in [3.63, 3.8) is 0 Å². The lowest BCUT2D eigenvalue weighted by atomic mass is 10.1. The van der Waals surface area contributed by atoms with Gasteiger partial charge in [0.1, 0.15) is 5.69 Å². The summed E-state index contributed by atoms with van der Waals surface area (Å²) in [6.45, 7) is 5.22. The predicted octanol–water partition coefficient (Wildman–Crippen LogP) is 1.07. The molecule has 0 saturated carbocycles. The Balaban J connectivity index is 1.80. The van der Waals surface area contributed by atoms with Crippen LogP contribution in [0.15, 0.2) is 6.07 Å². The topological polar surface area (TPSA) is 87.3 Å². The number of hydrogen-bond acceptors (Lipinski definition) is 4. The summed E-state index contributed by atoms with van der Waals surface area (Å²) in [5, 5.41) is 9.61. The van der Waals surface area contributed by atoms with Crippen molar-refractivity contribution in [1.29, 1.82) is 0 Å². The lowest BCUT2D eigenvalue weighted by Crippen LogP contribution is -2.46. The average molecular weight is 280 g/mol. The number of amides is 2.